The van der Waals surface area contributed by atoms with Gasteiger partial charge in [0.25, 0.3) is 0 Å². The van der Waals surface area contributed by atoms with Crippen LogP contribution in [0.15, 0.2) is 24.4 Å². The van der Waals surface area contributed by atoms with Gasteiger partial charge in [0.15, 0.2) is 0 Å². The minimum absolute atomic E-state index is 0.155. The molecule has 0 bridgehead atoms. The van der Waals surface area contributed by atoms with Gasteiger partial charge in [-0.05, 0) is 24.6 Å². The Morgan fingerprint density at radius 2 is 2.21 bits per heavy atom. The molecule has 0 saturated heterocycles. The van der Waals surface area contributed by atoms with Gasteiger partial charge in [0, 0.05) is 5.92 Å². The molecule has 0 aliphatic heterocycles. The summed E-state index contributed by atoms with van der Waals surface area (Å²) < 4.78 is 1.51. The lowest BCUT2D eigenvalue weighted by atomic mass is 10.1. The predicted octanol–water partition coefficient (Wildman–Crippen LogP) is 2.18. The molecule has 0 fully saturated rings. The van der Waals surface area contributed by atoms with Crippen LogP contribution in [0.25, 0.3) is 5.69 Å². The Hall–Kier alpha value is -2.37. The van der Waals surface area contributed by atoms with Crippen LogP contribution in [0, 0.1) is 0 Å². The van der Waals surface area contributed by atoms with Crippen molar-refractivity contribution in [3.05, 3.63) is 35.7 Å². The number of benzene rings is 1. The first-order valence-corrected chi connectivity index (χ1v) is 6.01. The SMILES string of the molecule is CCC(C)c1cn(-c2ccc(O)c(C(=O)O)c2)nn1. The average molecular weight is 261 g/mol. The van der Waals surface area contributed by atoms with E-state index in [0.29, 0.717) is 11.6 Å². The lowest BCUT2D eigenvalue weighted by molar-refractivity contribution is 0.0693. The fourth-order valence-electron chi connectivity index (χ4n) is 1.68. The van der Waals surface area contributed by atoms with Gasteiger partial charge < -0.3 is 10.2 Å². The molecule has 1 heterocycles. The molecular weight excluding hydrogens is 246 g/mol. The van der Waals surface area contributed by atoms with Crippen molar-refractivity contribution in [3.63, 3.8) is 0 Å². The zero-order chi connectivity index (χ0) is 14.0. The third-order valence-electron chi connectivity index (χ3n) is 3.10. The average Bonchev–Trinajstić information content (AvgIpc) is 2.87. The Labute approximate surface area is 110 Å². The summed E-state index contributed by atoms with van der Waals surface area (Å²) in [5, 5.41) is 26.5. The van der Waals surface area contributed by atoms with E-state index >= 15 is 0 Å². The van der Waals surface area contributed by atoms with Gasteiger partial charge in [0.1, 0.15) is 11.3 Å². The zero-order valence-corrected chi connectivity index (χ0v) is 10.7. The highest BCUT2D eigenvalue weighted by molar-refractivity contribution is 5.91. The maximum atomic E-state index is 11.0. The molecule has 2 rings (SSSR count). The number of aromatic carboxylic acids is 1. The maximum Gasteiger partial charge on any atom is 0.339 e. The number of rotatable bonds is 4. The van der Waals surface area contributed by atoms with Crippen molar-refractivity contribution in [2.24, 2.45) is 0 Å². The molecule has 1 aromatic carbocycles. The normalized spacial score (nSPS) is 12.3. The van der Waals surface area contributed by atoms with Gasteiger partial charge in [0.2, 0.25) is 0 Å². The number of hydrogen-bond donors (Lipinski definition) is 2. The molecular formula is C13H15N3O3. The Balaban J connectivity index is 2.39. The van der Waals surface area contributed by atoms with E-state index in [2.05, 4.69) is 17.2 Å². The third kappa shape index (κ3) is 2.57. The first kappa shape index (κ1) is 13.1. The van der Waals surface area contributed by atoms with Gasteiger partial charge in [-0.3, -0.25) is 0 Å². The number of hydrogen-bond acceptors (Lipinski definition) is 4. The van der Waals surface area contributed by atoms with Crippen molar-refractivity contribution in [1.29, 1.82) is 0 Å². The number of nitrogens with zero attached hydrogens (tertiary/aromatic N) is 3. The first-order valence-electron chi connectivity index (χ1n) is 6.01. The number of carbonyl (C=O) groups is 1. The van der Waals surface area contributed by atoms with E-state index < -0.39 is 5.97 Å². The highest BCUT2D eigenvalue weighted by Gasteiger charge is 2.13. The number of aromatic nitrogens is 3. The quantitative estimate of drug-likeness (QED) is 0.880. The molecule has 2 aromatic rings. The number of aromatic hydroxyl groups is 1. The van der Waals surface area contributed by atoms with E-state index in [1.54, 1.807) is 12.3 Å². The molecule has 0 spiro atoms. The fraction of sp³-hybridized carbons (Fsp3) is 0.308. The Morgan fingerprint density at radius 3 is 2.84 bits per heavy atom. The Kier molecular flexibility index (Phi) is 3.50. The van der Waals surface area contributed by atoms with Crippen LogP contribution in [0.2, 0.25) is 0 Å². The second-order valence-corrected chi connectivity index (χ2v) is 4.40. The Bertz CT molecular complexity index is 607. The van der Waals surface area contributed by atoms with E-state index in [0.717, 1.165) is 12.1 Å². The molecule has 19 heavy (non-hydrogen) atoms. The Morgan fingerprint density at radius 1 is 1.47 bits per heavy atom. The second kappa shape index (κ2) is 5.09. The van der Waals surface area contributed by atoms with Crippen LogP contribution in [-0.4, -0.2) is 31.2 Å². The summed E-state index contributed by atoms with van der Waals surface area (Å²) in [6.07, 6.45) is 2.72. The molecule has 0 amide bonds. The molecule has 100 valence electrons. The topological polar surface area (TPSA) is 88.2 Å². The van der Waals surface area contributed by atoms with Crippen LogP contribution in [0.3, 0.4) is 0 Å². The minimum Gasteiger partial charge on any atom is -0.507 e. The smallest absolute Gasteiger partial charge is 0.339 e. The van der Waals surface area contributed by atoms with Gasteiger partial charge in [-0.25, -0.2) is 9.48 Å². The summed E-state index contributed by atoms with van der Waals surface area (Å²) in [4.78, 5) is 11.0. The number of carboxylic acids is 1. The molecule has 1 aromatic heterocycles. The monoisotopic (exact) mass is 261 g/mol. The van der Waals surface area contributed by atoms with Gasteiger partial charge in [-0.1, -0.05) is 19.1 Å². The van der Waals surface area contributed by atoms with E-state index in [1.165, 1.54) is 16.8 Å². The van der Waals surface area contributed by atoms with Crippen molar-refractivity contribution < 1.29 is 15.0 Å². The number of phenols is 1. The summed E-state index contributed by atoms with van der Waals surface area (Å²) in [6.45, 7) is 4.11. The summed E-state index contributed by atoms with van der Waals surface area (Å²) in [5.74, 6) is -1.15. The van der Waals surface area contributed by atoms with Crippen LogP contribution in [-0.2, 0) is 0 Å². The zero-order valence-electron chi connectivity index (χ0n) is 10.7. The molecule has 0 saturated carbocycles. The molecule has 1 atom stereocenters. The molecule has 1 unspecified atom stereocenters. The summed E-state index contributed by atoms with van der Waals surface area (Å²) in [6, 6.07) is 4.30. The van der Waals surface area contributed by atoms with Crippen molar-refractivity contribution in [1.82, 2.24) is 15.0 Å². The van der Waals surface area contributed by atoms with Crippen LogP contribution in [0.4, 0.5) is 0 Å². The highest BCUT2D eigenvalue weighted by Crippen LogP contribution is 2.22. The van der Waals surface area contributed by atoms with E-state index in [9.17, 15) is 9.90 Å². The molecule has 0 aliphatic rings. The lowest BCUT2D eigenvalue weighted by Gasteiger charge is -2.04. The van der Waals surface area contributed by atoms with Gasteiger partial charge >= 0.3 is 5.97 Å². The third-order valence-corrected chi connectivity index (χ3v) is 3.10. The van der Waals surface area contributed by atoms with E-state index in [-0.39, 0.29) is 11.3 Å². The molecule has 2 N–H and O–H groups in total. The standard InChI is InChI=1S/C13H15N3O3/c1-3-8(2)11-7-16(15-14-11)9-4-5-12(17)10(6-9)13(18)19/h4-8,17H,3H2,1-2H3,(H,18,19). The largest absolute Gasteiger partial charge is 0.507 e. The van der Waals surface area contributed by atoms with Crippen LogP contribution in [0.1, 0.15) is 42.2 Å². The maximum absolute atomic E-state index is 11.0. The van der Waals surface area contributed by atoms with Crippen molar-refractivity contribution in [2.75, 3.05) is 0 Å². The van der Waals surface area contributed by atoms with Crippen molar-refractivity contribution in [2.45, 2.75) is 26.2 Å². The summed E-state index contributed by atoms with van der Waals surface area (Å²) in [5.41, 5.74) is 1.25. The lowest BCUT2D eigenvalue weighted by Crippen LogP contribution is -2.01. The van der Waals surface area contributed by atoms with Gasteiger partial charge in [-0.2, -0.15) is 0 Å². The molecule has 6 heteroatoms. The minimum atomic E-state index is -1.18. The van der Waals surface area contributed by atoms with Crippen LogP contribution < -0.4 is 0 Å². The van der Waals surface area contributed by atoms with Crippen LogP contribution >= 0.6 is 0 Å². The van der Waals surface area contributed by atoms with E-state index in [4.69, 9.17) is 5.11 Å². The van der Waals surface area contributed by atoms with E-state index in [1.807, 2.05) is 6.92 Å². The molecule has 0 aliphatic carbocycles. The molecule has 6 nitrogen and oxygen atoms in total. The summed E-state index contributed by atoms with van der Waals surface area (Å²) in [7, 11) is 0. The van der Waals surface area contributed by atoms with Gasteiger partial charge in [0.05, 0.1) is 17.6 Å². The van der Waals surface area contributed by atoms with Crippen LogP contribution in [0.5, 0.6) is 5.75 Å². The molecule has 0 radical (unpaired) electrons. The summed E-state index contributed by atoms with van der Waals surface area (Å²) >= 11 is 0. The van der Waals surface area contributed by atoms with Gasteiger partial charge in [-0.15, -0.1) is 5.10 Å². The van der Waals surface area contributed by atoms with Crippen molar-refractivity contribution in [3.8, 4) is 11.4 Å². The van der Waals surface area contributed by atoms with Crippen molar-refractivity contribution >= 4 is 5.97 Å². The predicted molar refractivity (Wildman–Crippen MR) is 68.7 cm³/mol. The second-order valence-electron chi connectivity index (χ2n) is 4.40. The highest BCUT2D eigenvalue weighted by atomic mass is 16.4. The number of carboxylic acid groups (broad SMARTS) is 1. The fourth-order valence-corrected chi connectivity index (χ4v) is 1.68. The first-order chi connectivity index (χ1) is 9.02.